The van der Waals surface area contributed by atoms with Crippen LogP contribution in [-0.2, 0) is 9.59 Å². The number of benzene rings is 1. The van der Waals surface area contributed by atoms with Gasteiger partial charge in [0.2, 0.25) is 0 Å². The van der Waals surface area contributed by atoms with Crippen LogP contribution < -0.4 is 4.74 Å². The van der Waals surface area contributed by atoms with Crippen LogP contribution >= 0.6 is 0 Å². The number of carbonyl (C=O) groups is 2. The molecule has 0 aromatic heterocycles. The Labute approximate surface area is 126 Å². The summed E-state index contributed by atoms with van der Waals surface area (Å²) in [6, 6.07) is 5.98. The van der Waals surface area contributed by atoms with E-state index in [0.29, 0.717) is 13.0 Å². The standard InChI is InChI=1S/C17H24O4/c1-12-5-6-13(2)15(11-12)21-10-8-14(7-9-18)17(3,4)16(19)20/h5-6,9,11,14H,7-8,10H2,1-4H3,(H,19,20). The summed E-state index contributed by atoms with van der Waals surface area (Å²) in [6.07, 6.45) is 1.55. The average Bonchev–Trinajstić information content (AvgIpc) is 2.41. The first-order valence-corrected chi connectivity index (χ1v) is 7.16. The Balaban J connectivity index is 2.68. The van der Waals surface area contributed by atoms with Gasteiger partial charge in [-0.2, -0.15) is 0 Å². The highest BCUT2D eigenvalue weighted by Crippen LogP contribution is 2.32. The van der Waals surface area contributed by atoms with Crippen LogP contribution in [0.2, 0.25) is 0 Å². The zero-order chi connectivity index (χ0) is 16.0. The molecule has 1 aromatic carbocycles. The van der Waals surface area contributed by atoms with E-state index < -0.39 is 11.4 Å². The lowest BCUT2D eigenvalue weighted by Gasteiger charge is -2.29. The van der Waals surface area contributed by atoms with Crippen molar-refractivity contribution < 1.29 is 19.4 Å². The van der Waals surface area contributed by atoms with E-state index >= 15 is 0 Å². The lowest BCUT2D eigenvalue weighted by molar-refractivity contribution is -0.150. The van der Waals surface area contributed by atoms with Crippen LogP contribution in [-0.4, -0.2) is 24.0 Å². The van der Waals surface area contributed by atoms with Gasteiger partial charge in [0, 0.05) is 6.42 Å². The van der Waals surface area contributed by atoms with Gasteiger partial charge < -0.3 is 14.6 Å². The van der Waals surface area contributed by atoms with Gasteiger partial charge in [-0.15, -0.1) is 0 Å². The van der Waals surface area contributed by atoms with Gasteiger partial charge >= 0.3 is 5.97 Å². The molecule has 4 nitrogen and oxygen atoms in total. The number of aliphatic carboxylic acids is 1. The first-order chi connectivity index (χ1) is 9.78. The number of carbonyl (C=O) groups excluding carboxylic acids is 1. The van der Waals surface area contributed by atoms with Crippen molar-refractivity contribution in [3.8, 4) is 5.75 Å². The molecule has 1 atom stereocenters. The Morgan fingerprint density at radius 3 is 2.62 bits per heavy atom. The van der Waals surface area contributed by atoms with Crippen LogP contribution in [0.4, 0.5) is 0 Å². The molecule has 1 rings (SSSR count). The summed E-state index contributed by atoms with van der Waals surface area (Å²) in [4.78, 5) is 22.1. The number of carboxylic acid groups (broad SMARTS) is 1. The molecule has 0 bridgehead atoms. The first kappa shape index (κ1) is 17.2. The van der Waals surface area contributed by atoms with Crippen LogP contribution in [0.1, 0.15) is 37.8 Å². The Morgan fingerprint density at radius 1 is 1.38 bits per heavy atom. The fourth-order valence-electron chi connectivity index (χ4n) is 2.24. The molecule has 0 saturated carbocycles. The Kier molecular flexibility index (Phi) is 5.94. The summed E-state index contributed by atoms with van der Waals surface area (Å²) in [6.45, 7) is 7.68. The van der Waals surface area contributed by atoms with Gasteiger partial charge in [0.05, 0.1) is 12.0 Å². The van der Waals surface area contributed by atoms with Crippen molar-refractivity contribution in [2.45, 2.75) is 40.5 Å². The molecule has 1 unspecified atom stereocenters. The number of hydrogen-bond acceptors (Lipinski definition) is 3. The van der Waals surface area contributed by atoms with Crippen molar-refractivity contribution in [2.75, 3.05) is 6.61 Å². The van der Waals surface area contributed by atoms with Crippen molar-refractivity contribution in [3.05, 3.63) is 29.3 Å². The van der Waals surface area contributed by atoms with Crippen molar-refractivity contribution >= 4 is 12.3 Å². The zero-order valence-corrected chi connectivity index (χ0v) is 13.2. The van der Waals surface area contributed by atoms with Crippen molar-refractivity contribution in [2.24, 2.45) is 11.3 Å². The van der Waals surface area contributed by atoms with Gasteiger partial charge in [-0.05, 0) is 57.2 Å². The highest BCUT2D eigenvalue weighted by Gasteiger charge is 2.36. The third-order valence-corrected chi connectivity index (χ3v) is 4.02. The van der Waals surface area contributed by atoms with Crippen LogP contribution in [0.15, 0.2) is 18.2 Å². The van der Waals surface area contributed by atoms with E-state index in [2.05, 4.69) is 0 Å². The van der Waals surface area contributed by atoms with Crippen LogP contribution in [0.25, 0.3) is 0 Å². The van der Waals surface area contributed by atoms with Gasteiger partial charge in [0.1, 0.15) is 12.0 Å². The topological polar surface area (TPSA) is 63.6 Å². The highest BCUT2D eigenvalue weighted by molar-refractivity contribution is 5.74. The molecule has 0 spiro atoms. The molecular formula is C17H24O4. The zero-order valence-electron chi connectivity index (χ0n) is 13.2. The molecule has 0 saturated heterocycles. The van der Waals surface area contributed by atoms with Crippen molar-refractivity contribution in [1.29, 1.82) is 0 Å². The molecule has 1 N–H and O–H groups in total. The molecule has 0 aliphatic heterocycles. The number of rotatable bonds is 8. The molecule has 0 heterocycles. The second-order valence-electron chi connectivity index (χ2n) is 6.03. The van der Waals surface area contributed by atoms with E-state index in [1.54, 1.807) is 13.8 Å². The summed E-state index contributed by atoms with van der Waals surface area (Å²) in [5, 5.41) is 9.28. The maximum atomic E-state index is 11.3. The van der Waals surface area contributed by atoms with E-state index in [9.17, 15) is 14.7 Å². The van der Waals surface area contributed by atoms with Gasteiger partial charge in [-0.25, -0.2) is 0 Å². The largest absolute Gasteiger partial charge is 0.493 e. The summed E-state index contributed by atoms with van der Waals surface area (Å²) < 4.78 is 5.76. The number of carboxylic acids is 1. The van der Waals surface area contributed by atoms with Crippen molar-refractivity contribution in [3.63, 3.8) is 0 Å². The monoisotopic (exact) mass is 292 g/mol. The van der Waals surface area contributed by atoms with Crippen LogP contribution in [0.5, 0.6) is 5.75 Å². The third kappa shape index (κ3) is 4.59. The predicted octanol–water partition coefficient (Wildman–Crippen LogP) is 3.39. The number of aryl methyl sites for hydroxylation is 2. The highest BCUT2D eigenvalue weighted by atomic mass is 16.5. The minimum atomic E-state index is -0.939. The average molecular weight is 292 g/mol. The number of aldehydes is 1. The van der Waals surface area contributed by atoms with E-state index in [-0.39, 0.29) is 12.3 Å². The molecule has 0 radical (unpaired) electrons. The SMILES string of the molecule is Cc1ccc(C)c(OCCC(CC=O)C(C)(C)C(=O)O)c1. The second-order valence-corrected chi connectivity index (χ2v) is 6.03. The van der Waals surface area contributed by atoms with Crippen LogP contribution in [0, 0.1) is 25.2 Å². The Hall–Kier alpha value is -1.84. The predicted molar refractivity (Wildman–Crippen MR) is 81.6 cm³/mol. The number of hydrogen-bond donors (Lipinski definition) is 1. The normalized spacial score (nSPS) is 12.8. The van der Waals surface area contributed by atoms with Crippen molar-refractivity contribution in [1.82, 2.24) is 0 Å². The lowest BCUT2D eigenvalue weighted by Crippen LogP contribution is -2.34. The number of ether oxygens (including phenoxy) is 1. The molecule has 4 heteroatoms. The minimum Gasteiger partial charge on any atom is -0.493 e. The fraction of sp³-hybridized carbons (Fsp3) is 0.529. The van der Waals surface area contributed by atoms with Gasteiger partial charge in [0.25, 0.3) is 0 Å². The molecule has 116 valence electrons. The molecule has 0 aliphatic rings. The second kappa shape index (κ2) is 7.25. The summed E-state index contributed by atoms with van der Waals surface area (Å²) in [5.74, 6) is -0.313. The fourth-order valence-corrected chi connectivity index (χ4v) is 2.24. The van der Waals surface area contributed by atoms with E-state index in [0.717, 1.165) is 23.2 Å². The van der Waals surface area contributed by atoms with Crippen LogP contribution in [0.3, 0.4) is 0 Å². The molecule has 0 fully saturated rings. The minimum absolute atomic E-state index is 0.232. The van der Waals surface area contributed by atoms with E-state index in [4.69, 9.17) is 4.74 Å². The quantitative estimate of drug-likeness (QED) is 0.746. The lowest BCUT2D eigenvalue weighted by atomic mass is 9.75. The van der Waals surface area contributed by atoms with Gasteiger partial charge in [0.15, 0.2) is 0 Å². The molecular weight excluding hydrogens is 268 g/mol. The van der Waals surface area contributed by atoms with E-state index in [1.807, 2.05) is 32.0 Å². The molecule has 0 amide bonds. The molecule has 0 aliphatic carbocycles. The van der Waals surface area contributed by atoms with Gasteiger partial charge in [-0.1, -0.05) is 12.1 Å². The maximum absolute atomic E-state index is 11.3. The third-order valence-electron chi connectivity index (χ3n) is 4.02. The molecule has 21 heavy (non-hydrogen) atoms. The Morgan fingerprint density at radius 2 is 2.05 bits per heavy atom. The molecule has 1 aromatic rings. The summed E-state index contributed by atoms with van der Waals surface area (Å²) >= 11 is 0. The first-order valence-electron chi connectivity index (χ1n) is 7.16. The maximum Gasteiger partial charge on any atom is 0.309 e. The van der Waals surface area contributed by atoms with Gasteiger partial charge in [-0.3, -0.25) is 4.79 Å². The van der Waals surface area contributed by atoms with E-state index in [1.165, 1.54) is 0 Å². The summed E-state index contributed by atoms with van der Waals surface area (Å²) in [5.41, 5.74) is 1.22. The Bertz CT molecular complexity index is 506. The smallest absolute Gasteiger partial charge is 0.309 e. The summed E-state index contributed by atoms with van der Waals surface area (Å²) in [7, 11) is 0.